The lowest BCUT2D eigenvalue weighted by Gasteiger charge is -2.06. The van der Waals surface area contributed by atoms with E-state index >= 15 is 0 Å². The molecule has 0 saturated heterocycles. The predicted molar refractivity (Wildman–Crippen MR) is 60.9 cm³/mol. The summed E-state index contributed by atoms with van der Waals surface area (Å²) in [4.78, 5) is 7.99. The normalized spacial score (nSPS) is 10.2. The molecule has 5 heteroatoms. The van der Waals surface area contributed by atoms with Crippen LogP contribution in [0.2, 0.25) is 0 Å². The van der Waals surface area contributed by atoms with Crippen molar-refractivity contribution in [1.29, 1.82) is 0 Å². The zero-order valence-electron chi connectivity index (χ0n) is 8.45. The second-order valence-corrected chi connectivity index (χ2v) is 4.00. The van der Waals surface area contributed by atoms with Crippen LogP contribution < -0.4 is 4.74 Å². The van der Waals surface area contributed by atoms with Gasteiger partial charge in [-0.3, -0.25) is 0 Å². The van der Waals surface area contributed by atoms with Crippen LogP contribution in [0.25, 0.3) is 0 Å². The van der Waals surface area contributed by atoms with Gasteiger partial charge in [0.1, 0.15) is 17.4 Å². The van der Waals surface area contributed by atoms with E-state index in [-0.39, 0.29) is 5.82 Å². The molecule has 3 nitrogen and oxygen atoms in total. The first kappa shape index (κ1) is 11.0. The van der Waals surface area contributed by atoms with E-state index < -0.39 is 0 Å². The highest BCUT2D eigenvalue weighted by atomic mass is 79.9. The van der Waals surface area contributed by atoms with Crippen molar-refractivity contribution in [2.24, 2.45) is 0 Å². The molecule has 1 heterocycles. The van der Waals surface area contributed by atoms with E-state index in [0.29, 0.717) is 21.8 Å². The molecule has 2 rings (SSSR count). The lowest BCUT2D eigenvalue weighted by molar-refractivity contribution is 0.471. The molecule has 0 aliphatic carbocycles. The Kier molecular flexibility index (Phi) is 3.14. The van der Waals surface area contributed by atoms with Gasteiger partial charge in [0.2, 0.25) is 0 Å². The van der Waals surface area contributed by atoms with Crippen LogP contribution in [0.1, 0.15) is 5.82 Å². The fourth-order valence-electron chi connectivity index (χ4n) is 1.12. The number of hydrogen-bond donors (Lipinski definition) is 0. The molecular weight excluding hydrogens is 275 g/mol. The smallest absolute Gasteiger partial charge is 0.164 e. The minimum Gasteiger partial charge on any atom is -0.453 e. The molecule has 0 saturated carbocycles. The Morgan fingerprint density at radius 1 is 1.25 bits per heavy atom. The first-order valence-electron chi connectivity index (χ1n) is 4.57. The Bertz CT molecular complexity index is 502. The van der Waals surface area contributed by atoms with Crippen LogP contribution in [-0.4, -0.2) is 9.97 Å². The molecule has 0 N–H and O–H groups in total. The van der Waals surface area contributed by atoms with Gasteiger partial charge < -0.3 is 4.74 Å². The van der Waals surface area contributed by atoms with E-state index in [1.54, 1.807) is 25.4 Å². The highest BCUT2D eigenvalue weighted by molar-refractivity contribution is 9.10. The van der Waals surface area contributed by atoms with E-state index in [0.717, 1.165) is 0 Å². The maximum Gasteiger partial charge on any atom is 0.164 e. The van der Waals surface area contributed by atoms with Crippen LogP contribution >= 0.6 is 15.9 Å². The summed E-state index contributed by atoms with van der Waals surface area (Å²) in [5.74, 6) is 1.39. The van der Waals surface area contributed by atoms with Crippen molar-refractivity contribution in [3.8, 4) is 11.5 Å². The number of aryl methyl sites for hydroxylation is 1. The Morgan fingerprint density at radius 3 is 2.56 bits per heavy atom. The lowest BCUT2D eigenvalue weighted by atomic mass is 10.3. The van der Waals surface area contributed by atoms with Gasteiger partial charge in [0.15, 0.2) is 5.75 Å². The van der Waals surface area contributed by atoms with Crippen molar-refractivity contribution >= 4 is 15.9 Å². The Labute approximate surface area is 100 Å². The molecule has 0 aliphatic rings. The summed E-state index contributed by atoms with van der Waals surface area (Å²) in [6.07, 6.45) is 3.14. The first-order valence-corrected chi connectivity index (χ1v) is 5.36. The molecule has 0 amide bonds. The van der Waals surface area contributed by atoms with Crippen LogP contribution in [0.5, 0.6) is 11.5 Å². The van der Waals surface area contributed by atoms with Gasteiger partial charge >= 0.3 is 0 Å². The average Bonchev–Trinajstić information content (AvgIpc) is 2.25. The molecule has 2 aromatic rings. The molecule has 0 fully saturated rings. The molecule has 82 valence electrons. The highest BCUT2D eigenvalue weighted by Crippen LogP contribution is 2.29. The molecule has 1 aromatic carbocycles. The Hall–Kier alpha value is -1.49. The van der Waals surface area contributed by atoms with Crippen molar-refractivity contribution in [3.05, 3.63) is 46.7 Å². The fourth-order valence-corrected chi connectivity index (χ4v) is 1.55. The SMILES string of the molecule is Cc1ncc(Oc2ccc(F)cc2Br)cn1. The monoisotopic (exact) mass is 282 g/mol. The summed E-state index contributed by atoms with van der Waals surface area (Å²) in [5, 5.41) is 0. The van der Waals surface area contributed by atoms with Crippen LogP contribution in [0.4, 0.5) is 4.39 Å². The van der Waals surface area contributed by atoms with Gasteiger partial charge in [-0.2, -0.15) is 0 Å². The first-order chi connectivity index (χ1) is 7.65. The number of halogens is 2. The predicted octanol–water partition coefficient (Wildman–Crippen LogP) is 3.48. The van der Waals surface area contributed by atoms with Crippen molar-refractivity contribution in [1.82, 2.24) is 9.97 Å². The third-order valence-corrected chi connectivity index (χ3v) is 2.50. The molecule has 0 aliphatic heterocycles. The van der Waals surface area contributed by atoms with E-state index in [1.165, 1.54) is 12.1 Å². The minimum absolute atomic E-state index is 0.320. The molecule has 0 spiro atoms. The maximum absolute atomic E-state index is 12.8. The number of benzene rings is 1. The molecular formula is C11H8BrFN2O. The summed E-state index contributed by atoms with van der Waals surface area (Å²) < 4.78 is 18.9. The largest absolute Gasteiger partial charge is 0.453 e. The van der Waals surface area contributed by atoms with Gasteiger partial charge in [-0.25, -0.2) is 14.4 Å². The number of rotatable bonds is 2. The second kappa shape index (κ2) is 4.57. The van der Waals surface area contributed by atoms with E-state index in [9.17, 15) is 4.39 Å². The zero-order chi connectivity index (χ0) is 11.5. The summed E-state index contributed by atoms with van der Waals surface area (Å²) in [6, 6.07) is 4.21. The van der Waals surface area contributed by atoms with Crippen LogP contribution in [0.3, 0.4) is 0 Å². The van der Waals surface area contributed by atoms with Gasteiger partial charge in [-0.1, -0.05) is 0 Å². The molecule has 0 radical (unpaired) electrons. The number of nitrogens with zero attached hydrogens (tertiary/aromatic N) is 2. The molecule has 0 bridgehead atoms. The van der Waals surface area contributed by atoms with E-state index in [1.807, 2.05) is 0 Å². The van der Waals surface area contributed by atoms with Crippen molar-refractivity contribution in [2.45, 2.75) is 6.92 Å². The van der Waals surface area contributed by atoms with Crippen molar-refractivity contribution in [3.63, 3.8) is 0 Å². The number of hydrogen-bond acceptors (Lipinski definition) is 3. The van der Waals surface area contributed by atoms with Gasteiger partial charge in [-0.15, -0.1) is 0 Å². The van der Waals surface area contributed by atoms with Crippen LogP contribution in [0.15, 0.2) is 35.1 Å². The zero-order valence-corrected chi connectivity index (χ0v) is 10.0. The number of aromatic nitrogens is 2. The summed E-state index contributed by atoms with van der Waals surface area (Å²) >= 11 is 3.21. The quantitative estimate of drug-likeness (QED) is 0.846. The lowest BCUT2D eigenvalue weighted by Crippen LogP contribution is -1.90. The summed E-state index contributed by atoms with van der Waals surface area (Å²) in [6.45, 7) is 1.79. The third-order valence-electron chi connectivity index (χ3n) is 1.88. The van der Waals surface area contributed by atoms with E-state index in [2.05, 4.69) is 25.9 Å². The van der Waals surface area contributed by atoms with Crippen molar-refractivity contribution < 1.29 is 9.13 Å². The van der Waals surface area contributed by atoms with Crippen molar-refractivity contribution in [2.75, 3.05) is 0 Å². The molecule has 1 aromatic heterocycles. The Morgan fingerprint density at radius 2 is 1.94 bits per heavy atom. The van der Waals surface area contributed by atoms with Crippen LogP contribution in [-0.2, 0) is 0 Å². The summed E-state index contributed by atoms with van der Waals surface area (Å²) in [7, 11) is 0. The van der Waals surface area contributed by atoms with E-state index in [4.69, 9.17) is 4.74 Å². The third kappa shape index (κ3) is 2.55. The molecule has 0 atom stereocenters. The fraction of sp³-hybridized carbons (Fsp3) is 0.0909. The minimum atomic E-state index is -0.320. The standard InChI is InChI=1S/C11H8BrFN2O/c1-7-14-5-9(6-15-7)16-11-3-2-8(13)4-10(11)12/h2-6H,1H3. The number of ether oxygens (including phenoxy) is 1. The maximum atomic E-state index is 12.8. The second-order valence-electron chi connectivity index (χ2n) is 3.14. The topological polar surface area (TPSA) is 35.0 Å². The van der Waals surface area contributed by atoms with Gasteiger partial charge in [0.25, 0.3) is 0 Å². The molecule has 16 heavy (non-hydrogen) atoms. The van der Waals surface area contributed by atoms with Gasteiger partial charge in [0, 0.05) is 0 Å². The van der Waals surface area contributed by atoms with Gasteiger partial charge in [0.05, 0.1) is 16.9 Å². The summed E-state index contributed by atoms with van der Waals surface area (Å²) in [5.41, 5.74) is 0. The van der Waals surface area contributed by atoms with Gasteiger partial charge in [-0.05, 0) is 41.1 Å². The highest BCUT2D eigenvalue weighted by Gasteiger charge is 2.04. The molecule has 0 unspecified atom stereocenters. The van der Waals surface area contributed by atoms with Crippen LogP contribution in [0, 0.1) is 12.7 Å². The Balaban J connectivity index is 2.23. The average molecular weight is 283 g/mol.